The third-order valence-electron chi connectivity index (χ3n) is 1.94. The van der Waals surface area contributed by atoms with Crippen molar-refractivity contribution >= 4 is 21.7 Å². The lowest BCUT2D eigenvalue weighted by Crippen LogP contribution is -2.16. The van der Waals surface area contributed by atoms with Crippen molar-refractivity contribution in [2.45, 2.75) is 13.3 Å². The lowest BCUT2D eigenvalue weighted by atomic mass is 10.2. The summed E-state index contributed by atoms with van der Waals surface area (Å²) in [5.74, 6) is -2.43. The smallest absolute Gasteiger partial charge is 0.338 e. The van der Waals surface area contributed by atoms with Crippen LogP contribution in [0, 0.1) is 5.82 Å². The van der Waals surface area contributed by atoms with Gasteiger partial charge < -0.3 is 5.11 Å². The minimum absolute atomic E-state index is 0.0391. The molecule has 0 aliphatic carbocycles. The van der Waals surface area contributed by atoms with Crippen LogP contribution in [0.25, 0.3) is 0 Å². The number of sulfonamides is 1. The van der Waals surface area contributed by atoms with Crippen LogP contribution in [0.5, 0.6) is 0 Å². The van der Waals surface area contributed by atoms with Gasteiger partial charge in [0.2, 0.25) is 10.0 Å². The molecule has 1 rings (SSSR count). The van der Waals surface area contributed by atoms with E-state index < -0.39 is 27.4 Å². The first-order valence-electron chi connectivity index (χ1n) is 4.89. The van der Waals surface area contributed by atoms with Crippen LogP contribution in [0.2, 0.25) is 0 Å². The van der Waals surface area contributed by atoms with Crippen molar-refractivity contribution in [2.75, 3.05) is 10.5 Å². The van der Waals surface area contributed by atoms with Gasteiger partial charge in [0.25, 0.3) is 0 Å². The van der Waals surface area contributed by atoms with E-state index in [1.165, 1.54) is 6.07 Å². The number of carbonyl (C=O) groups is 1. The van der Waals surface area contributed by atoms with Crippen molar-refractivity contribution in [2.24, 2.45) is 0 Å². The molecule has 94 valence electrons. The van der Waals surface area contributed by atoms with Gasteiger partial charge in [-0.3, -0.25) is 4.72 Å². The predicted molar refractivity (Wildman–Crippen MR) is 61.1 cm³/mol. The summed E-state index contributed by atoms with van der Waals surface area (Å²) in [5, 5.41) is 8.67. The van der Waals surface area contributed by atoms with Gasteiger partial charge in [-0.05, 0) is 24.6 Å². The van der Waals surface area contributed by atoms with Crippen molar-refractivity contribution in [3.63, 3.8) is 0 Å². The van der Waals surface area contributed by atoms with E-state index in [4.69, 9.17) is 5.11 Å². The summed E-state index contributed by atoms with van der Waals surface area (Å²) < 4.78 is 38.1. The molecule has 1 aromatic rings. The Hall–Kier alpha value is -1.63. The molecule has 0 aliphatic heterocycles. The van der Waals surface area contributed by atoms with Gasteiger partial charge in [0, 0.05) is 5.69 Å². The second kappa shape index (κ2) is 5.13. The molecule has 0 aromatic heterocycles. The van der Waals surface area contributed by atoms with Gasteiger partial charge in [-0.25, -0.2) is 17.6 Å². The number of aromatic carboxylic acids is 1. The fourth-order valence-electron chi connectivity index (χ4n) is 1.25. The molecule has 0 saturated carbocycles. The van der Waals surface area contributed by atoms with E-state index in [0.29, 0.717) is 6.42 Å². The molecule has 17 heavy (non-hydrogen) atoms. The maximum absolute atomic E-state index is 13.0. The second-order valence-corrected chi connectivity index (χ2v) is 5.26. The Kier molecular flexibility index (Phi) is 4.06. The van der Waals surface area contributed by atoms with Crippen LogP contribution < -0.4 is 4.72 Å². The summed E-state index contributed by atoms with van der Waals surface area (Å²) in [7, 11) is -3.51. The molecule has 0 saturated heterocycles. The Morgan fingerprint density at radius 1 is 1.47 bits per heavy atom. The number of carboxylic acid groups (broad SMARTS) is 1. The van der Waals surface area contributed by atoms with Gasteiger partial charge in [0.15, 0.2) is 0 Å². The first kappa shape index (κ1) is 13.4. The van der Waals surface area contributed by atoms with Crippen LogP contribution in [0.15, 0.2) is 18.2 Å². The minimum atomic E-state index is -3.51. The molecule has 0 spiro atoms. The average molecular weight is 261 g/mol. The summed E-state index contributed by atoms with van der Waals surface area (Å²) in [6.45, 7) is 1.70. The second-order valence-electron chi connectivity index (χ2n) is 3.42. The third kappa shape index (κ3) is 3.70. The number of anilines is 1. The van der Waals surface area contributed by atoms with E-state index in [-0.39, 0.29) is 11.4 Å². The number of halogens is 1. The zero-order valence-corrected chi connectivity index (χ0v) is 9.92. The molecule has 0 radical (unpaired) electrons. The molecule has 0 atom stereocenters. The Morgan fingerprint density at radius 3 is 2.65 bits per heavy atom. The lowest BCUT2D eigenvalue weighted by Gasteiger charge is -2.07. The maximum Gasteiger partial charge on any atom is 0.338 e. The number of nitrogens with one attached hydrogen (secondary N) is 1. The number of benzene rings is 1. The van der Waals surface area contributed by atoms with Crippen LogP contribution in [-0.4, -0.2) is 25.2 Å². The summed E-state index contributed by atoms with van der Waals surface area (Å²) in [6, 6.07) is 3.03. The van der Waals surface area contributed by atoms with Gasteiger partial charge in [0.05, 0.1) is 11.3 Å². The van der Waals surface area contributed by atoms with E-state index in [9.17, 15) is 17.6 Å². The Morgan fingerprint density at radius 2 is 2.12 bits per heavy atom. The summed E-state index contributed by atoms with van der Waals surface area (Å²) in [4.78, 5) is 10.6. The maximum atomic E-state index is 13.0. The van der Waals surface area contributed by atoms with E-state index in [0.717, 1.165) is 12.1 Å². The first-order chi connectivity index (χ1) is 7.85. The van der Waals surface area contributed by atoms with Crippen LogP contribution >= 0.6 is 0 Å². The number of carboxylic acids is 1. The largest absolute Gasteiger partial charge is 0.478 e. The summed E-state index contributed by atoms with van der Waals surface area (Å²) in [6.07, 6.45) is 0.433. The first-order valence-corrected chi connectivity index (χ1v) is 6.54. The quantitative estimate of drug-likeness (QED) is 0.844. The molecule has 5 nitrogen and oxygen atoms in total. The molecule has 7 heteroatoms. The van der Waals surface area contributed by atoms with Crippen molar-refractivity contribution < 1.29 is 22.7 Å². The molecule has 0 heterocycles. The highest BCUT2D eigenvalue weighted by molar-refractivity contribution is 7.92. The minimum Gasteiger partial charge on any atom is -0.478 e. The van der Waals surface area contributed by atoms with Crippen molar-refractivity contribution in [1.82, 2.24) is 0 Å². The summed E-state index contributed by atoms with van der Waals surface area (Å²) >= 11 is 0. The Labute approximate surface area is 98.3 Å². The van der Waals surface area contributed by atoms with Gasteiger partial charge >= 0.3 is 5.97 Å². The molecular formula is C10H12FNO4S. The number of hydrogen-bond donors (Lipinski definition) is 2. The van der Waals surface area contributed by atoms with Gasteiger partial charge in [-0.15, -0.1) is 0 Å². The lowest BCUT2D eigenvalue weighted by molar-refractivity contribution is 0.0692. The molecule has 0 unspecified atom stereocenters. The van der Waals surface area contributed by atoms with E-state index in [1.54, 1.807) is 6.92 Å². The number of hydrogen-bond acceptors (Lipinski definition) is 3. The average Bonchev–Trinajstić information content (AvgIpc) is 2.20. The number of rotatable bonds is 5. The van der Waals surface area contributed by atoms with Gasteiger partial charge in [-0.2, -0.15) is 0 Å². The molecule has 0 fully saturated rings. The molecule has 0 aliphatic rings. The van der Waals surface area contributed by atoms with Crippen molar-refractivity contribution in [3.05, 3.63) is 29.6 Å². The van der Waals surface area contributed by atoms with Crippen molar-refractivity contribution in [3.8, 4) is 0 Å². The van der Waals surface area contributed by atoms with Crippen LogP contribution in [0.1, 0.15) is 23.7 Å². The molecule has 1 aromatic carbocycles. The molecule has 0 bridgehead atoms. The normalized spacial score (nSPS) is 11.2. The highest BCUT2D eigenvalue weighted by atomic mass is 32.2. The van der Waals surface area contributed by atoms with Gasteiger partial charge in [0.1, 0.15) is 5.82 Å². The standard InChI is InChI=1S/C10H12FNO4S/c1-2-5-17(15,16)12-7-3-4-9(11)8(6-7)10(13)14/h3-4,6,12H,2,5H2,1H3,(H,13,14). The predicted octanol–water partition coefficient (Wildman–Crippen LogP) is 1.68. The monoisotopic (exact) mass is 261 g/mol. The van der Waals surface area contributed by atoms with Crippen LogP contribution in [-0.2, 0) is 10.0 Å². The zero-order chi connectivity index (χ0) is 13.1. The summed E-state index contributed by atoms with van der Waals surface area (Å²) in [5.41, 5.74) is -0.529. The van der Waals surface area contributed by atoms with Gasteiger partial charge in [-0.1, -0.05) is 6.92 Å². The highest BCUT2D eigenvalue weighted by Crippen LogP contribution is 2.16. The molecule has 2 N–H and O–H groups in total. The fraction of sp³-hybridized carbons (Fsp3) is 0.300. The van der Waals surface area contributed by atoms with Crippen molar-refractivity contribution in [1.29, 1.82) is 0 Å². The molecule has 0 amide bonds. The fourth-order valence-corrected chi connectivity index (χ4v) is 2.38. The topological polar surface area (TPSA) is 83.5 Å². The molecular weight excluding hydrogens is 249 g/mol. The zero-order valence-electron chi connectivity index (χ0n) is 9.10. The SMILES string of the molecule is CCCS(=O)(=O)Nc1ccc(F)c(C(=O)O)c1. The highest BCUT2D eigenvalue weighted by Gasteiger charge is 2.14. The van der Waals surface area contributed by atoms with Crippen LogP contribution in [0.3, 0.4) is 0 Å². The Balaban J connectivity index is 3.02. The third-order valence-corrected chi connectivity index (χ3v) is 3.44. The van der Waals surface area contributed by atoms with Crippen LogP contribution in [0.4, 0.5) is 10.1 Å². The van der Waals surface area contributed by atoms with E-state index in [1.807, 2.05) is 0 Å². The van der Waals surface area contributed by atoms with E-state index >= 15 is 0 Å². The Bertz CT molecular complexity index is 527. The van der Waals surface area contributed by atoms with E-state index in [2.05, 4.69) is 4.72 Å².